The fourth-order valence-corrected chi connectivity index (χ4v) is 2.02. The van der Waals surface area contributed by atoms with Gasteiger partial charge in [-0.25, -0.2) is 4.98 Å². The molecule has 17 heavy (non-hydrogen) atoms. The van der Waals surface area contributed by atoms with Crippen LogP contribution in [0.4, 0.5) is 11.8 Å². The first-order chi connectivity index (χ1) is 8.13. The Morgan fingerprint density at radius 3 is 3.06 bits per heavy atom. The average molecular weight is 257 g/mol. The van der Waals surface area contributed by atoms with Crippen molar-refractivity contribution in [1.82, 2.24) is 9.97 Å². The zero-order valence-corrected chi connectivity index (χ0v) is 10.8. The summed E-state index contributed by atoms with van der Waals surface area (Å²) in [6, 6.07) is 0. The van der Waals surface area contributed by atoms with Crippen molar-refractivity contribution in [2.75, 3.05) is 30.8 Å². The highest BCUT2D eigenvalue weighted by atomic mass is 35.5. The number of nitrogens with one attached hydrogen (secondary N) is 2. The van der Waals surface area contributed by atoms with Crippen molar-refractivity contribution >= 4 is 23.4 Å². The van der Waals surface area contributed by atoms with E-state index >= 15 is 0 Å². The number of nitrogens with zero attached hydrogens (tertiary/aromatic N) is 2. The van der Waals surface area contributed by atoms with Gasteiger partial charge in [0.15, 0.2) is 5.82 Å². The molecule has 5 nitrogen and oxygen atoms in total. The predicted octanol–water partition coefficient (Wildman–Crippen LogP) is 2.15. The third-order valence-corrected chi connectivity index (χ3v) is 3.17. The fourth-order valence-electron chi connectivity index (χ4n) is 1.86. The summed E-state index contributed by atoms with van der Waals surface area (Å²) in [5.41, 5.74) is -0.117. The van der Waals surface area contributed by atoms with Crippen molar-refractivity contribution in [1.29, 1.82) is 0 Å². The van der Waals surface area contributed by atoms with Crippen LogP contribution in [0.1, 0.15) is 19.8 Å². The lowest BCUT2D eigenvalue weighted by molar-refractivity contribution is 0.0315. The molecule has 0 saturated carbocycles. The van der Waals surface area contributed by atoms with Gasteiger partial charge in [-0.1, -0.05) is 11.6 Å². The van der Waals surface area contributed by atoms with Crippen LogP contribution in [0.2, 0.25) is 5.02 Å². The van der Waals surface area contributed by atoms with Crippen molar-refractivity contribution in [2.45, 2.75) is 25.4 Å². The highest BCUT2D eigenvalue weighted by molar-refractivity contribution is 6.32. The molecule has 0 spiro atoms. The molecule has 1 unspecified atom stereocenters. The second-order valence-electron chi connectivity index (χ2n) is 4.40. The Morgan fingerprint density at radius 1 is 1.59 bits per heavy atom. The molecule has 1 aromatic rings. The largest absolute Gasteiger partial charge is 0.373 e. The van der Waals surface area contributed by atoms with Crippen LogP contribution in [0, 0.1) is 0 Å². The van der Waals surface area contributed by atoms with Gasteiger partial charge in [0, 0.05) is 20.2 Å². The number of halogens is 1. The lowest BCUT2D eigenvalue weighted by Gasteiger charge is -2.23. The zero-order chi connectivity index (χ0) is 12.3. The summed E-state index contributed by atoms with van der Waals surface area (Å²) in [7, 11) is 1.77. The van der Waals surface area contributed by atoms with Crippen molar-refractivity contribution in [3.05, 3.63) is 11.2 Å². The quantitative estimate of drug-likeness (QED) is 0.865. The highest BCUT2D eigenvalue weighted by Gasteiger charge is 2.29. The second-order valence-corrected chi connectivity index (χ2v) is 4.80. The third-order valence-electron chi connectivity index (χ3n) is 2.90. The minimum Gasteiger partial charge on any atom is -0.373 e. The summed E-state index contributed by atoms with van der Waals surface area (Å²) in [5.74, 6) is 1.19. The van der Waals surface area contributed by atoms with Crippen LogP contribution < -0.4 is 10.6 Å². The van der Waals surface area contributed by atoms with Gasteiger partial charge in [0.2, 0.25) is 5.95 Å². The van der Waals surface area contributed by atoms with Gasteiger partial charge in [-0.3, -0.25) is 0 Å². The Labute approximate surface area is 106 Å². The van der Waals surface area contributed by atoms with Crippen LogP contribution in [0.3, 0.4) is 0 Å². The van der Waals surface area contributed by atoms with Crippen LogP contribution in [-0.4, -0.2) is 35.8 Å². The van der Waals surface area contributed by atoms with E-state index < -0.39 is 0 Å². The molecule has 0 bridgehead atoms. The first kappa shape index (κ1) is 12.4. The minimum atomic E-state index is -0.117. The van der Waals surface area contributed by atoms with E-state index in [1.165, 1.54) is 0 Å². The zero-order valence-electron chi connectivity index (χ0n) is 10.1. The molecule has 1 fully saturated rings. The van der Waals surface area contributed by atoms with E-state index in [1.54, 1.807) is 13.2 Å². The van der Waals surface area contributed by atoms with Gasteiger partial charge in [0.25, 0.3) is 0 Å². The van der Waals surface area contributed by atoms with Crippen LogP contribution in [0.5, 0.6) is 0 Å². The van der Waals surface area contributed by atoms with Gasteiger partial charge < -0.3 is 15.4 Å². The number of hydrogen-bond donors (Lipinski definition) is 2. The summed E-state index contributed by atoms with van der Waals surface area (Å²) < 4.78 is 5.69. The van der Waals surface area contributed by atoms with Gasteiger partial charge in [-0.2, -0.15) is 4.98 Å². The number of hydrogen-bond acceptors (Lipinski definition) is 5. The lowest BCUT2D eigenvalue weighted by Crippen LogP contribution is -2.32. The monoisotopic (exact) mass is 256 g/mol. The standard InChI is InChI=1S/C11H17ClN4O/c1-11(4-3-5-17-11)7-15-9-8(12)6-14-10(13-2)16-9/h6H,3-5,7H2,1-2H3,(H2,13,14,15,16). The molecule has 1 aliphatic rings. The van der Waals surface area contributed by atoms with Gasteiger partial charge >= 0.3 is 0 Å². The maximum Gasteiger partial charge on any atom is 0.224 e. The Bertz CT molecular complexity index is 393. The summed E-state index contributed by atoms with van der Waals surface area (Å²) >= 11 is 6.03. The maximum absolute atomic E-state index is 6.03. The molecule has 0 amide bonds. The number of aromatic nitrogens is 2. The van der Waals surface area contributed by atoms with Crippen LogP contribution >= 0.6 is 11.6 Å². The number of anilines is 2. The van der Waals surface area contributed by atoms with Crippen LogP contribution in [0.25, 0.3) is 0 Å². The molecular weight excluding hydrogens is 240 g/mol. The molecule has 6 heteroatoms. The molecule has 0 aliphatic carbocycles. The normalized spacial score (nSPS) is 23.7. The Hall–Kier alpha value is -1.07. The number of ether oxygens (including phenoxy) is 1. The molecule has 0 radical (unpaired) electrons. The lowest BCUT2D eigenvalue weighted by atomic mass is 10.0. The summed E-state index contributed by atoms with van der Waals surface area (Å²) in [6.45, 7) is 3.63. The Balaban J connectivity index is 2.02. The SMILES string of the molecule is CNc1ncc(Cl)c(NCC2(C)CCCO2)n1. The first-order valence-corrected chi connectivity index (χ1v) is 6.09. The van der Waals surface area contributed by atoms with Crippen molar-refractivity contribution < 1.29 is 4.74 Å². The maximum atomic E-state index is 6.03. The second kappa shape index (κ2) is 5.06. The molecule has 2 rings (SSSR count). The third kappa shape index (κ3) is 2.98. The van der Waals surface area contributed by atoms with E-state index in [0.717, 1.165) is 19.4 Å². The fraction of sp³-hybridized carbons (Fsp3) is 0.636. The molecule has 2 N–H and O–H groups in total. The Kier molecular flexibility index (Phi) is 3.69. The molecule has 0 aromatic carbocycles. The summed E-state index contributed by atoms with van der Waals surface area (Å²) in [6.07, 6.45) is 3.75. The molecule has 1 saturated heterocycles. The summed E-state index contributed by atoms with van der Waals surface area (Å²) in [5, 5.41) is 6.62. The van der Waals surface area contributed by atoms with E-state index in [9.17, 15) is 0 Å². The smallest absolute Gasteiger partial charge is 0.224 e. The number of rotatable bonds is 4. The molecule has 1 aliphatic heterocycles. The Morgan fingerprint density at radius 2 is 2.41 bits per heavy atom. The van der Waals surface area contributed by atoms with Crippen LogP contribution in [-0.2, 0) is 4.74 Å². The average Bonchev–Trinajstić information content (AvgIpc) is 2.76. The van der Waals surface area contributed by atoms with Crippen molar-refractivity contribution in [3.63, 3.8) is 0 Å². The molecule has 2 heterocycles. The van der Waals surface area contributed by atoms with E-state index in [2.05, 4.69) is 27.5 Å². The predicted molar refractivity (Wildman–Crippen MR) is 68.7 cm³/mol. The van der Waals surface area contributed by atoms with Gasteiger partial charge in [-0.15, -0.1) is 0 Å². The molecule has 1 aromatic heterocycles. The molecule has 94 valence electrons. The van der Waals surface area contributed by atoms with Crippen molar-refractivity contribution in [3.8, 4) is 0 Å². The summed E-state index contributed by atoms with van der Waals surface area (Å²) in [4.78, 5) is 8.29. The highest BCUT2D eigenvalue weighted by Crippen LogP contribution is 2.26. The van der Waals surface area contributed by atoms with Crippen LogP contribution in [0.15, 0.2) is 6.20 Å². The van der Waals surface area contributed by atoms with Gasteiger partial charge in [0.1, 0.15) is 5.02 Å². The van der Waals surface area contributed by atoms with Gasteiger partial charge in [-0.05, 0) is 19.8 Å². The van der Waals surface area contributed by atoms with E-state index in [1.807, 2.05) is 0 Å². The van der Waals surface area contributed by atoms with Crippen molar-refractivity contribution in [2.24, 2.45) is 0 Å². The molecule has 1 atom stereocenters. The minimum absolute atomic E-state index is 0.117. The van der Waals surface area contributed by atoms with Gasteiger partial charge in [0.05, 0.1) is 11.8 Å². The first-order valence-electron chi connectivity index (χ1n) is 5.71. The van der Waals surface area contributed by atoms with E-state index in [0.29, 0.717) is 23.3 Å². The van der Waals surface area contributed by atoms with E-state index in [-0.39, 0.29) is 5.60 Å². The van der Waals surface area contributed by atoms with E-state index in [4.69, 9.17) is 16.3 Å². The topological polar surface area (TPSA) is 59.1 Å². The molecular formula is C11H17ClN4O.